The number of fused-ring (bicyclic) bond motifs is 1. The number of aromatic amines is 1. The first kappa shape index (κ1) is 32.7. The number of nitrogens with one attached hydrogen (secondary N) is 2. The number of H-pyrrole nitrogens is 1. The number of hydrogen-bond acceptors (Lipinski definition) is 4. The average molecular weight is 622 g/mol. The molecule has 9 heteroatoms. The van der Waals surface area contributed by atoms with Gasteiger partial charge in [0, 0.05) is 67.6 Å². The molecule has 4 aromatic rings. The number of aliphatic imine (C=N–C) groups is 1. The molecule has 0 saturated carbocycles. The summed E-state index contributed by atoms with van der Waals surface area (Å²) in [7, 11) is 0. The van der Waals surface area contributed by atoms with Gasteiger partial charge in [0.25, 0.3) is 0 Å². The van der Waals surface area contributed by atoms with E-state index in [1.54, 1.807) is 0 Å². The van der Waals surface area contributed by atoms with Crippen LogP contribution >= 0.6 is 0 Å². The number of nitrogens with two attached hydrogens (primary N) is 1. The Bertz CT molecular complexity index is 1720. The zero-order valence-electron chi connectivity index (χ0n) is 28.0. The second kappa shape index (κ2) is 13.8. The molecule has 0 spiro atoms. The van der Waals surface area contributed by atoms with Crippen molar-refractivity contribution in [3.05, 3.63) is 88.7 Å². The summed E-state index contributed by atoms with van der Waals surface area (Å²) in [4.78, 5) is 42.3. The number of aromatic nitrogens is 2. The number of rotatable bonds is 9. The van der Waals surface area contributed by atoms with Crippen LogP contribution in [0.3, 0.4) is 0 Å². The second-order valence-electron chi connectivity index (χ2n) is 12.9. The monoisotopic (exact) mass is 621 g/mol. The van der Waals surface area contributed by atoms with Crippen LogP contribution in [0.2, 0.25) is 0 Å². The Morgan fingerprint density at radius 2 is 1.76 bits per heavy atom. The third-order valence-electron chi connectivity index (χ3n) is 9.25. The molecule has 0 bridgehead atoms. The standard InChI is InChI=1S/C37H47N7O2/c1-7-43(8-2)34(45)37(5,6)29-9-10-32-31(22-29)30(33(41-32)28-20-24(3)19-25(4)21-28)13-17-40-36(42-35(38)46)44-18-14-27(23-44)26-11-15-39-16-12-26/h9-12,15-16,19-22,27,41H,7-8,13-14,17-18,23H2,1-6H3,(H3,38,40,42,46). The lowest BCUT2D eigenvalue weighted by Gasteiger charge is -2.31. The van der Waals surface area contributed by atoms with E-state index in [1.165, 1.54) is 16.7 Å². The summed E-state index contributed by atoms with van der Waals surface area (Å²) in [6.07, 6.45) is 5.21. The lowest BCUT2D eigenvalue weighted by atomic mass is 9.82. The van der Waals surface area contributed by atoms with E-state index in [0.717, 1.165) is 52.8 Å². The van der Waals surface area contributed by atoms with Crippen LogP contribution in [0.25, 0.3) is 22.2 Å². The normalized spacial score (nSPS) is 15.4. The number of hydrogen-bond donors (Lipinski definition) is 3. The lowest BCUT2D eigenvalue weighted by Crippen LogP contribution is -2.45. The van der Waals surface area contributed by atoms with Crippen molar-refractivity contribution >= 4 is 28.8 Å². The summed E-state index contributed by atoms with van der Waals surface area (Å²) in [5, 5.41) is 3.86. The third-order valence-corrected chi connectivity index (χ3v) is 9.25. The van der Waals surface area contributed by atoms with Gasteiger partial charge in [-0.2, -0.15) is 0 Å². The first-order valence-corrected chi connectivity index (χ1v) is 16.3. The number of urea groups is 1. The molecule has 1 aliphatic rings. The van der Waals surface area contributed by atoms with Crippen molar-refractivity contribution in [1.82, 2.24) is 25.1 Å². The first-order valence-electron chi connectivity index (χ1n) is 16.3. The Labute approximate surface area is 272 Å². The number of pyridine rings is 1. The quantitative estimate of drug-likeness (QED) is 0.156. The highest BCUT2D eigenvalue weighted by Gasteiger charge is 2.33. The fourth-order valence-corrected chi connectivity index (χ4v) is 6.75. The van der Waals surface area contributed by atoms with Gasteiger partial charge in [-0.3, -0.25) is 20.1 Å². The van der Waals surface area contributed by atoms with Gasteiger partial charge < -0.3 is 20.5 Å². The van der Waals surface area contributed by atoms with Crippen molar-refractivity contribution < 1.29 is 9.59 Å². The summed E-state index contributed by atoms with van der Waals surface area (Å²) < 4.78 is 0. The van der Waals surface area contributed by atoms with Crippen LogP contribution in [0.4, 0.5) is 4.79 Å². The van der Waals surface area contributed by atoms with Crippen LogP contribution in [0, 0.1) is 13.8 Å². The third kappa shape index (κ3) is 6.93. The Balaban J connectivity index is 1.51. The van der Waals surface area contributed by atoms with Crippen molar-refractivity contribution in [1.29, 1.82) is 0 Å². The second-order valence-corrected chi connectivity index (χ2v) is 12.9. The van der Waals surface area contributed by atoms with Gasteiger partial charge in [-0.25, -0.2) is 4.79 Å². The van der Waals surface area contributed by atoms with Crippen molar-refractivity contribution in [2.45, 2.75) is 65.7 Å². The van der Waals surface area contributed by atoms with Crippen LogP contribution in [-0.2, 0) is 16.6 Å². The molecule has 2 aromatic heterocycles. The van der Waals surface area contributed by atoms with Crippen molar-refractivity contribution in [2.75, 3.05) is 32.7 Å². The minimum absolute atomic E-state index is 0.117. The number of likely N-dealkylation sites (tertiary alicyclic amines) is 1. The summed E-state index contributed by atoms with van der Waals surface area (Å²) in [6, 6.07) is 16.4. The van der Waals surface area contributed by atoms with Crippen molar-refractivity contribution in [3.63, 3.8) is 0 Å². The van der Waals surface area contributed by atoms with Gasteiger partial charge in [0.1, 0.15) is 0 Å². The van der Waals surface area contributed by atoms with Crippen LogP contribution in [0.5, 0.6) is 0 Å². The summed E-state index contributed by atoms with van der Waals surface area (Å²) in [5.41, 5.74) is 13.8. The molecular formula is C37H47N7O2. The van der Waals surface area contributed by atoms with Gasteiger partial charge >= 0.3 is 6.03 Å². The number of aryl methyl sites for hydroxylation is 2. The number of amides is 3. The van der Waals surface area contributed by atoms with Gasteiger partial charge in [-0.1, -0.05) is 23.3 Å². The molecule has 1 aliphatic heterocycles. The molecule has 1 atom stereocenters. The van der Waals surface area contributed by atoms with E-state index in [4.69, 9.17) is 10.7 Å². The van der Waals surface area contributed by atoms with Crippen LogP contribution in [0.15, 0.2) is 65.9 Å². The molecule has 0 aliphatic carbocycles. The molecule has 242 valence electrons. The van der Waals surface area contributed by atoms with Gasteiger partial charge in [-0.15, -0.1) is 0 Å². The first-order chi connectivity index (χ1) is 22.0. The van der Waals surface area contributed by atoms with E-state index in [2.05, 4.69) is 70.4 Å². The van der Waals surface area contributed by atoms with E-state index in [-0.39, 0.29) is 5.91 Å². The Morgan fingerprint density at radius 1 is 1.07 bits per heavy atom. The molecule has 0 radical (unpaired) electrons. The summed E-state index contributed by atoms with van der Waals surface area (Å²) in [6.45, 7) is 15.6. The van der Waals surface area contributed by atoms with Crippen LogP contribution in [0.1, 0.15) is 67.9 Å². The topological polar surface area (TPSA) is 120 Å². The minimum atomic E-state index is -0.688. The van der Waals surface area contributed by atoms with E-state index in [9.17, 15) is 9.59 Å². The molecule has 1 fully saturated rings. The van der Waals surface area contributed by atoms with Gasteiger partial charge in [0.15, 0.2) is 0 Å². The molecule has 5 rings (SSSR count). The number of carbonyl (C=O) groups is 2. The zero-order chi connectivity index (χ0) is 33.0. The average Bonchev–Trinajstić information content (AvgIpc) is 3.66. The number of likely N-dealkylation sites (N-methyl/N-ethyl adjacent to an activating group) is 1. The van der Waals surface area contributed by atoms with Crippen molar-refractivity contribution in [2.24, 2.45) is 10.7 Å². The van der Waals surface area contributed by atoms with E-state index in [0.29, 0.717) is 37.9 Å². The molecule has 1 unspecified atom stereocenters. The Morgan fingerprint density at radius 3 is 2.41 bits per heavy atom. The zero-order valence-corrected chi connectivity index (χ0v) is 28.0. The predicted molar refractivity (Wildman–Crippen MR) is 186 cm³/mol. The maximum Gasteiger partial charge on any atom is 0.318 e. The van der Waals surface area contributed by atoms with Crippen LogP contribution in [-0.4, -0.2) is 70.4 Å². The fourth-order valence-electron chi connectivity index (χ4n) is 6.75. The molecule has 3 amide bonds. The number of nitrogens with zero attached hydrogens (tertiary/aromatic N) is 4. The predicted octanol–water partition coefficient (Wildman–Crippen LogP) is 6.05. The number of guanidine groups is 1. The largest absolute Gasteiger partial charge is 0.354 e. The van der Waals surface area contributed by atoms with E-state index in [1.807, 2.05) is 57.1 Å². The highest BCUT2D eigenvalue weighted by Crippen LogP contribution is 2.36. The summed E-state index contributed by atoms with van der Waals surface area (Å²) >= 11 is 0. The Hall–Kier alpha value is -4.66. The maximum absolute atomic E-state index is 13.6. The van der Waals surface area contributed by atoms with E-state index >= 15 is 0 Å². The molecule has 46 heavy (non-hydrogen) atoms. The molecular weight excluding hydrogens is 574 g/mol. The van der Waals surface area contributed by atoms with Crippen LogP contribution < -0.4 is 11.1 Å². The Kier molecular flexibility index (Phi) is 9.79. The SMILES string of the molecule is CCN(CC)C(=O)C(C)(C)c1ccc2[nH]c(-c3cc(C)cc(C)c3)c(CCN=C(NC(N)=O)N3CCC(c4ccncc4)C3)c2c1. The molecule has 3 heterocycles. The smallest absolute Gasteiger partial charge is 0.318 e. The highest BCUT2D eigenvalue weighted by molar-refractivity contribution is 5.96. The number of benzene rings is 2. The van der Waals surface area contributed by atoms with Gasteiger partial charge in [0.05, 0.1) is 5.41 Å². The lowest BCUT2D eigenvalue weighted by molar-refractivity contribution is -0.135. The number of primary amides is 1. The maximum atomic E-state index is 13.6. The minimum Gasteiger partial charge on any atom is -0.354 e. The van der Waals surface area contributed by atoms with Gasteiger partial charge in [-0.05, 0) is 113 Å². The van der Waals surface area contributed by atoms with Crippen molar-refractivity contribution in [3.8, 4) is 11.3 Å². The number of carbonyl (C=O) groups excluding carboxylic acids is 2. The molecule has 4 N–H and O–H groups in total. The van der Waals surface area contributed by atoms with E-state index < -0.39 is 11.4 Å². The fraction of sp³-hybridized carbons (Fsp3) is 0.405. The summed E-state index contributed by atoms with van der Waals surface area (Å²) in [5.74, 6) is 0.947. The molecule has 9 nitrogen and oxygen atoms in total. The molecule has 1 saturated heterocycles. The van der Waals surface area contributed by atoms with Gasteiger partial charge in [0.2, 0.25) is 11.9 Å². The molecule has 2 aromatic carbocycles. The highest BCUT2D eigenvalue weighted by atomic mass is 16.2.